The highest BCUT2D eigenvalue weighted by molar-refractivity contribution is 6.16. The van der Waals surface area contributed by atoms with Crippen LogP contribution in [-0.2, 0) is 5.88 Å². The number of aromatic nitrogens is 3. The van der Waals surface area contributed by atoms with Crippen molar-refractivity contribution in [3.05, 3.63) is 36.2 Å². The van der Waals surface area contributed by atoms with E-state index in [2.05, 4.69) is 10.3 Å². The van der Waals surface area contributed by atoms with Crippen LogP contribution in [0.2, 0.25) is 0 Å². The van der Waals surface area contributed by atoms with Crippen LogP contribution < -0.4 is 4.74 Å². The largest absolute Gasteiger partial charge is 0.494 e. The standard InChI is InChI=1S/C10H10ClN3O/c1-15-10-5-3-2-4-9(10)14-7-8(6-11)12-13-14/h2-5,7H,6H2,1H3. The first kappa shape index (κ1) is 9.98. The Morgan fingerprint density at radius 3 is 2.87 bits per heavy atom. The van der Waals surface area contributed by atoms with Crippen molar-refractivity contribution in [3.63, 3.8) is 0 Å². The molecule has 0 radical (unpaired) electrons. The number of hydrogen-bond donors (Lipinski definition) is 0. The number of ether oxygens (including phenoxy) is 1. The summed E-state index contributed by atoms with van der Waals surface area (Å²) >= 11 is 5.65. The Bertz CT molecular complexity index is 455. The maximum Gasteiger partial charge on any atom is 0.144 e. The average Bonchev–Trinajstić information content (AvgIpc) is 2.77. The zero-order valence-electron chi connectivity index (χ0n) is 8.22. The predicted octanol–water partition coefficient (Wildman–Crippen LogP) is 2.01. The van der Waals surface area contributed by atoms with Crippen LogP contribution in [0, 0.1) is 0 Å². The number of para-hydroxylation sites is 2. The van der Waals surface area contributed by atoms with Gasteiger partial charge in [0, 0.05) is 0 Å². The van der Waals surface area contributed by atoms with E-state index in [-0.39, 0.29) is 0 Å². The van der Waals surface area contributed by atoms with Crippen LogP contribution in [-0.4, -0.2) is 22.1 Å². The third kappa shape index (κ3) is 1.94. The van der Waals surface area contributed by atoms with E-state index in [1.165, 1.54) is 0 Å². The summed E-state index contributed by atoms with van der Waals surface area (Å²) in [5.74, 6) is 1.11. The molecule has 0 amide bonds. The molecular weight excluding hydrogens is 214 g/mol. The molecule has 2 aromatic rings. The van der Waals surface area contributed by atoms with Crippen LogP contribution in [0.5, 0.6) is 5.75 Å². The van der Waals surface area contributed by atoms with E-state index in [0.29, 0.717) is 5.88 Å². The van der Waals surface area contributed by atoms with Crippen molar-refractivity contribution < 1.29 is 4.74 Å². The van der Waals surface area contributed by atoms with Crippen molar-refractivity contribution in [3.8, 4) is 11.4 Å². The molecule has 0 aliphatic rings. The fourth-order valence-electron chi connectivity index (χ4n) is 1.30. The SMILES string of the molecule is COc1ccccc1-n1cc(CCl)nn1. The summed E-state index contributed by atoms with van der Waals surface area (Å²) in [6.07, 6.45) is 1.78. The summed E-state index contributed by atoms with van der Waals surface area (Å²) in [5, 5.41) is 7.88. The molecule has 0 aliphatic carbocycles. The fraction of sp³-hybridized carbons (Fsp3) is 0.200. The van der Waals surface area contributed by atoms with Gasteiger partial charge in [-0.2, -0.15) is 0 Å². The van der Waals surface area contributed by atoms with Gasteiger partial charge in [-0.15, -0.1) is 16.7 Å². The number of alkyl halides is 1. The van der Waals surface area contributed by atoms with Crippen molar-refractivity contribution >= 4 is 11.6 Å². The number of rotatable bonds is 3. The van der Waals surface area contributed by atoms with E-state index in [1.807, 2.05) is 24.3 Å². The van der Waals surface area contributed by atoms with Gasteiger partial charge in [-0.25, -0.2) is 4.68 Å². The Labute approximate surface area is 92.4 Å². The molecule has 5 heteroatoms. The molecule has 1 aromatic carbocycles. The van der Waals surface area contributed by atoms with Gasteiger partial charge in [0.15, 0.2) is 0 Å². The Morgan fingerprint density at radius 2 is 2.20 bits per heavy atom. The molecule has 1 aromatic heterocycles. The molecule has 0 saturated carbocycles. The fourth-order valence-corrected chi connectivity index (χ4v) is 1.42. The van der Waals surface area contributed by atoms with Gasteiger partial charge in [-0.05, 0) is 12.1 Å². The third-order valence-corrected chi connectivity index (χ3v) is 2.28. The van der Waals surface area contributed by atoms with E-state index in [0.717, 1.165) is 17.1 Å². The minimum atomic E-state index is 0.356. The molecule has 15 heavy (non-hydrogen) atoms. The van der Waals surface area contributed by atoms with E-state index in [1.54, 1.807) is 18.0 Å². The van der Waals surface area contributed by atoms with Crippen molar-refractivity contribution in [2.45, 2.75) is 5.88 Å². The minimum Gasteiger partial charge on any atom is -0.494 e. The van der Waals surface area contributed by atoms with Crippen molar-refractivity contribution in [2.24, 2.45) is 0 Å². The molecule has 1 heterocycles. The normalized spacial score (nSPS) is 10.3. The molecule has 0 bridgehead atoms. The molecular formula is C10H10ClN3O. The topological polar surface area (TPSA) is 39.9 Å². The first-order valence-electron chi connectivity index (χ1n) is 4.45. The first-order chi connectivity index (χ1) is 7.35. The highest BCUT2D eigenvalue weighted by Gasteiger charge is 2.06. The zero-order chi connectivity index (χ0) is 10.7. The van der Waals surface area contributed by atoms with Gasteiger partial charge in [-0.3, -0.25) is 0 Å². The maximum atomic E-state index is 5.65. The molecule has 0 aliphatic heterocycles. The number of halogens is 1. The van der Waals surface area contributed by atoms with Gasteiger partial charge in [0.25, 0.3) is 0 Å². The lowest BCUT2D eigenvalue weighted by atomic mass is 10.3. The summed E-state index contributed by atoms with van der Waals surface area (Å²) in [5.41, 5.74) is 1.59. The smallest absolute Gasteiger partial charge is 0.144 e. The van der Waals surface area contributed by atoms with Gasteiger partial charge in [0.1, 0.15) is 11.4 Å². The number of hydrogen-bond acceptors (Lipinski definition) is 3. The van der Waals surface area contributed by atoms with Crippen LogP contribution in [0.3, 0.4) is 0 Å². The number of benzene rings is 1. The van der Waals surface area contributed by atoms with Gasteiger partial charge < -0.3 is 4.74 Å². The summed E-state index contributed by atoms with van der Waals surface area (Å²) < 4.78 is 6.87. The van der Waals surface area contributed by atoms with Crippen LogP contribution in [0.1, 0.15) is 5.69 Å². The molecule has 0 spiro atoms. The number of nitrogens with zero attached hydrogens (tertiary/aromatic N) is 3. The summed E-state index contributed by atoms with van der Waals surface area (Å²) in [7, 11) is 1.62. The lowest BCUT2D eigenvalue weighted by Gasteiger charge is -2.06. The zero-order valence-corrected chi connectivity index (χ0v) is 8.98. The number of methoxy groups -OCH3 is 1. The summed E-state index contributed by atoms with van der Waals surface area (Å²) in [6.45, 7) is 0. The van der Waals surface area contributed by atoms with E-state index in [4.69, 9.17) is 16.3 Å². The van der Waals surface area contributed by atoms with Gasteiger partial charge in [0.2, 0.25) is 0 Å². The summed E-state index contributed by atoms with van der Waals surface area (Å²) in [4.78, 5) is 0. The van der Waals surface area contributed by atoms with Gasteiger partial charge in [-0.1, -0.05) is 17.3 Å². The minimum absolute atomic E-state index is 0.356. The Kier molecular flexibility index (Phi) is 2.87. The highest BCUT2D eigenvalue weighted by atomic mass is 35.5. The molecule has 0 saturated heterocycles. The first-order valence-corrected chi connectivity index (χ1v) is 4.99. The maximum absolute atomic E-state index is 5.65. The van der Waals surface area contributed by atoms with Crippen LogP contribution in [0.15, 0.2) is 30.5 Å². The molecule has 2 rings (SSSR count). The predicted molar refractivity (Wildman–Crippen MR) is 57.5 cm³/mol. The van der Waals surface area contributed by atoms with Crippen LogP contribution in [0.25, 0.3) is 5.69 Å². The third-order valence-electron chi connectivity index (χ3n) is 2.01. The Morgan fingerprint density at radius 1 is 1.40 bits per heavy atom. The molecule has 0 unspecified atom stereocenters. The Hall–Kier alpha value is -1.55. The van der Waals surface area contributed by atoms with Gasteiger partial charge >= 0.3 is 0 Å². The van der Waals surface area contributed by atoms with Crippen LogP contribution in [0.4, 0.5) is 0 Å². The quantitative estimate of drug-likeness (QED) is 0.748. The molecule has 0 fully saturated rings. The highest BCUT2D eigenvalue weighted by Crippen LogP contribution is 2.21. The molecule has 78 valence electrons. The second-order valence-corrected chi connectivity index (χ2v) is 3.23. The lowest BCUT2D eigenvalue weighted by Crippen LogP contribution is -1.98. The second kappa shape index (κ2) is 4.31. The second-order valence-electron chi connectivity index (χ2n) is 2.96. The molecule has 0 N–H and O–H groups in total. The molecule has 0 atom stereocenters. The van der Waals surface area contributed by atoms with Crippen molar-refractivity contribution in [1.29, 1.82) is 0 Å². The van der Waals surface area contributed by atoms with E-state index >= 15 is 0 Å². The van der Waals surface area contributed by atoms with Crippen molar-refractivity contribution in [1.82, 2.24) is 15.0 Å². The van der Waals surface area contributed by atoms with Gasteiger partial charge in [0.05, 0.1) is 24.9 Å². The van der Waals surface area contributed by atoms with Crippen LogP contribution >= 0.6 is 11.6 Å². The van der Waals surface area contributed by atoms with E-state index in [9.17, 15) is 0 Å². The lowest BCUT2D eigenvalue weighted by molar-refractivity contribution is 0.411. The summed E-state index contributed by atoms with van der Waals surface area (Å²) in [6, 6.07) is 7.60. The van der Waals surface area contributed by atoms with E-state index < -0.39 is 0 Å². The monoisotopic (exact) mass is 223 g/mol. The average molecular weight is 224 g/mol. The Balaban J connectivity index is 2.44. The molecule has 4 nitrogen and oxygen atoms in total. The van der Waals surface area contributed by atoms with Crippen molar-refractivity contribution in [2.75, 3.05) is 7.11 Å².